The number of nitrogens with one attached hydrogen (secondary N) is 1. The van der Waals surface area contributed by atoms with Gasteiger partial charge in [0, 0.05) is 34.5 Å². The van der Waals surface area contributed by atoms with E-state index in [0.717, 1.165) is 32.1 Å². The number of aryl methyl sites for hydroxylation is 2. The number of benzene rings is 2. The Hall–Kier alpha value is -2.91. The van der Waals surface area contributed by atoms with Crippen LogP contribution in [0.5, 0.6) is 0 Å². The fraction of sp³-hybridized carbons (Fsp3) is 0.321. The molecule has 1 aliphatic rings. The molecule has 0 bridgehead atoms. The lowest BCUT2D eigenvalue weighted by Crippen LogP contribution is -2.46. The van der Waals surface area contributed by atoms with Crippen LogP contribution in [0.4, 0.5) is 0 Å². The van der Waals surface area contributed by atoms with Gasteiger partial charge in [-0.1, -0.05) is 55.5 Å². The number of H-pyrrole nitrogens is 1. The van der Waals surface area contributed by atoms with Crippen molar-refractivity contribution in [3.05, 3.63) is 102 Å². The molecule has 5 rings (SSSR count). The van der Waals surface area contributed by atoms with Crippen LogP contribution in [0.15, 0.2) is 79.1 Å². The van der Waals surface area contributed by atoms with Gasteiger partial charge >= 0.3 is 0 Å². The van der Waals surface area contributed by atoms with Gasteiger partial charge in [0.25, 0.3) is 0 Å². The Morgan fingerprint density at radius 3 is 2.48 bits per heavy atom. The van der Waals surface area contributed by atoms with Gasteiger partial charge in [-0.05, 0) is 78.8 Å². The topological polar surface area (TPSA) is 54.7 Å². The van der Waals surface area contributed by atoms with Crippen molar-refractivity contribution in [3.8, 4) is 0 Å². The number of nitrogens with two attached hydrogens (primary N) is 1. The summed E-state index contributed by atoms with van der Waals surface area (Å²) in [6, 6.07) is 23.7. The minimum absolute atomic E-state index is 0.235. The van der Waals surface area contributed by atoms with E-state index in [0.29, 0.717) is 11.8 Å². The fourth-order valence-electron chi connectivity index (χ4n) is 5.51. The zero-order valence-electron chi connectivity index (χ0n) is 18.2. The Balaban J connectivity index is 1.44. The molecule has 0 spiro atoms. The second-order valence-corrected chi connectivity index (χ2v) is 9.20. The number of aromatic amines is 1. The van der Waals surface area contributed by atoms with Crippen LogP contribution in [0.1, 0.15) is 54.5 Å². The van der Waals surface area contributed by atoms with Crippen LogP contribution in [0.2, 0.25) is 0 Å². The van der Waals surface area contributed by atoms with Crippen LogP contribution in [0.25, 0.3) is 10.9 Å². The van der Waals surface area contributed by atoms with E-state index < -0.39 is 0 Å². The van der Waals surface area contributed by atoms with E-state index in [2.05, 4.69) is 83.6 Å². The van der Waals surface area contributed by atoms with Crippen molar-refractivity contribution < 1.29 is 0 Å². The van der Waals surface area contributed by atoms with Crippen molar-refractivity contribution in [2.75, 3.05) is 0 Å². The van der Waals surface area contributed by atoms with Crippen molar-refractivity contribution >= 4 is 10.9 Å². The summed E-state index contributed by atoms with van der Waals surface area (Å²) in [5.74, 6) is 0.948. The summed E-state index contributed by atoms with van der Waals surface area (Å²) >= 11 is 0. The third-order valence-electron chi connectivity index (χ3n) is 7.40. The first-order valence-corrected chi connectivity index (χ1v) is 11.5. The molecule has 3 nitrogen and oxygen atoms in total. The van der Waals surface area contributed by atoms with E-state index in [1.54, 1.807) is 0 Å². The molecular weight excluding hydrogens is 378 g/mol. The number of hydrogen-bond donors (Lipinski definition) is 2. The monoisotopic (exact) mass is 409 g/mol. The molecule has 1 aliphatic carbocycles. The van der Waals surface area contributed by atoms with Crippen LogP contribution >= 0.6 is 0 Å². The standard InChI is InChI=1S/C28H31N3/c1-20-19-22(13-16-28(20,29)23-7-3-2-4-8-23)27-25(12-11-21-14-17-30-18-15-21)24-9-5-6-10-26(24)31-27/h2-10,14-15,17-18,20,22,31H,11-13,16,19,29H2,1H3. The Morgan fingerprint density at radius 2 is 1.71 bits per heavy atom. The van der Waals surface area contributed by atoms with Gasteiger partial charge in [-0.15, -0.1) is 0 Å². The smallest absolute Gasteiger partial charge is 0.0459 e. The summed E-state index contributed by atoms with van der Waals surface area (Å²) < 4.78 is 0. The fourth-order valence-corrected chi connectivity index (χ4v) is 5.51. The normalized spacial score (nSPS) is 23.8. The summed E-state index contributed by atoms with van der Waals surface area (Å²) in [5, 5.41) is 1.37. The lowest BCUT2D eigenvalue weighted by molar-refractivity contribution is 0.185. The van der Waals surface area contributed by atoms with E-state index in [1.165, 1.54) is 33.3 Å². The first-order chi connectivity index (χ1) is 15.1. The maximum atomic E-state index is 7.00. The number of nitrogens with zero attached hydrogens (tertiary/aromatic N) is 1. The average Bonchev–Trinajstić information content (AvgIpc) is 3.19. The summed E-state index contributed by atoms with van der Waals surface area (Å²) in [4.78, 5) is 7.96. The number of aromatic nitrogens is 2. The zero-order chi connectivity index (χ0) is 21.3. The maximum Gasteiger partial charge on any atom is 0.0459 e. The van der Waals surface area contributed by atoms with Gasteiger partial charge in [-0.25, -0.2) is 0 Å². The Labute approximate surface area is 184 Å². The number of hydrogen-bond acceptors (Lipinski definition) is 2. The van der Waals surface area contributed by atoms with Crippen LogP contribution in [-0.2, 0) is 18.4 Å². The van der Waals surface area contributed by atoms with Gasteiger partial charge in [0.2, 0.25) is 0 Å². The molecule has 4 aromatic rings. The maximum absolute atomic E-state index is 7.00. The van der Waals surface area contributed by atoms with Gasteiger partial charge < -0.3 is 10.7 Å². The molecule has 2 heterocycles. The lowest BCUT2D eigenvalue weighted by atomic mass is 9.66. The average molecular weight is 410 g/mol. The minimum Gasteiger partial charge on any atom is -0.358 e. The highest BCUT2D eigenvalue weighted by atomic mass is 14.8. The molecule has 0 radical (unpaired) electrons. The molecule has 31 heavy (non-hydrogen) atoms. The second kappa shape index (κ2) is 8.32. The molecule has 2 aromatic heterocycles. The van der Waals surface area contributed by atoms with Crippen molar-refractivity contribution in [1.29, 1.82) is 0 Å². The van der Waals surface area contributed by atoms with E-state index in [1.807, 2.05) is 12.4 Å². The molecule has 3 heteroatoms. The van der Waals surface area contributed by atoms with E-state index in [-0.39, 0.29) is 5.54 Å². The molecule has 1 fully saturated rings. The number of fused-ring (bicyclic) bond motifs is 1. The molecule has 2 aromatic carbocycles. The zero-order valence-corrected chi connectivity index (χ0v) is 18.2. The highest BCUT2D eigenvalue weighted by molar-refractivity contribution is 5.85. The van der Waals surface area contributed by atoms with Gasteiger partial charge in [-0.3, -0.25) is 4.98 Å². The summed E-state index contributed by atoms with van der Waals surface area (Å²) in [7, 11) is 0. The number of pyridine rings is 1. The Bertz CT molecular complexity index is 1150. The molecular formula is C28H31N3. The minimum atomic E-state index is -0.235. The van der Waals surface area contributed by atoms with Gasteiger partial charge in [0.05, 0.1) is 0 Å². The van der Waals surface area contributed by atoms with Crippen molar-refractivity contribution in [2.45, 2.75) is 50.5 Å². The third kappa shape index (κ3) is 3.79. The quantitative estimate of drug-likeness (QED) is 0.418. The number of rotatable bonds is 5. The first-order valence-electron chi connectivity index (χ1n) is 11.5. The summed E-state index contributed by atoms with van der Waals surface area (Å²) in [6.07, 6.45) is 9.09. The van der Waals surface area contributed by atoms with E-state index in [4.69, 9.17) is 5.73 Å². The highest BCUT2D eigenvalue weighted by Crippen LogP contribution is 2.46. The van der Waals surface area contributed by atoms with E-state index >= 15 is 0 Å². The third-order valence-corrected chi connectivity index (χ3v) is 7.40. The summed E-state index contributed by atoms with van der Waals surface area (Å²) in [5.41, 5.74) is 13.5. The predicted octanol–water partition coefficient (Wildman–Crippen LogP) is 6.11. The molecule has 0 saturated heterocycles. The molecule has 158 valence electrons. The lowest BCUT2D eigenvalue weighted by Gasteiger charge is -2.43. The Kier molecular flexibility index (Phi) is 5.37. The Morgan fingerprint density at radius 1 is 0.968 bits per heavy atom. The predicted molar refractivity (Wildman–Crippen MR) is 128 cm³/mol. The largest absolute Gasteiger partial charge is 0.358 e. The van der Waals surface area contributed by atoms with Crippen LogP contribution in [-0.4, -0.2) is 9.97 Å². The molecule has 3 atom stereocenters. The first kappa shape index (κ1) is 20.0. The van der Waals surface area contributed by atoms with Crippen LogP contribution < -0.4 is 5.73 Å². The van der Waals surface area contributed by atoms with Crippen molar-refractivity contribution in [1.82, 2.24) is 9.97 Å². The van der Waals surface area contributed by atoms with Gasteiger partial charge in [-0.2, -0.15) is 0 Å². The van der Waals surface area contributed by atoms with Crippen molar-refractivity contribution in [2.24, 2.45) is 11.7 Å². The van der Waals surface area contributed by atoms with E-state index in [9.17, 15) is 0 Å². The van der Waals surface area contributed by atoms with Gasteiger partial charge in [0.1, 0.15) is 0 Å². The molecule has 1 saturated carbocycles. The second-order valence-electron chi connectivity index (χ2n) is 9.20. The molecule has 0 amide bonds. The van der Waals surface area contributed by atoms with Crippen LogP contribution in [0.3, 0.4) is 0 Å². The molecule has 3 unspecified atom stereocenters. The molecule has 0 aliphatic heterocycles. The summed E-state index contributed by atoms with van der Waals surface area (Å²) in [6.45, 7) is 2.33. The van der Waals surface area contributed by atoms with Crippen molar-refractivity contribution in [3.63, 3.8) is 0 Å². The van der Waals surface area contributed by atoms with Gasteiger partial charge in [0.15, 0.2) is 0 Å². The van der Waals surface area contributed by atoms with Crippen LogP contribution in [0, 0.1) is 5.92 Å². The highest BCUT2D eigenvalue weighted by Gasteiger charge is 2.40. The SMILES string of the molecule is CC1CC(c2[nH]c3ccccc3c2CCc2ccncc2)CCC1(N)c1ccccc1. The number of para-hydroxylation sites is 1. The molecule has 3 N–H and O–H groups in total.